The number of pyridine rings is 1. The lowest BCUT2D eigenvalue weighted by atomic mass is 9.78. The Labute approximate surface area is 170 Å². The van der Waals surface area contributed by atoms with Crippen molar-refractivity contribution in [1.82, 2.24) is 4.98 Å². The fourth-order valence-corrected chi connectivity index (χ4v) is 5.09. The number of nitrogens with zero attached hydrogens (tertiary/aromatic N) is 2. The van der Waals surface area contributed by atoms with Gasteiger partial charge < -0.3 is 14.7 Å². The molecule has 1 N–H and O–H groups in total. The molecule has 150 valence electrons. The van der Waals surface area contributed by atoms with Crippen LogP contribution in [0.25, 0.3) is 0 Å². The predicted molar refractivity (Wildman–Crippen MR) is 110 cm³/mol. The van der Waals surface area contributed by atoms with Crippen LogP contribution in [-0.4, -0.2) is 42.9 Å². The number of carbonyl (C=O) groups is 1. The monoisotopic (exact) mass is 438 g/mol. The number of aliphatic hydroxyl groups is 1. The fraction of sp³-hybridized carbons (Fsp3) is 0.714. The molecule has 6 heteroatoms. The molecule has 1 saturated heterocycles. The van der Waals surface area contributed by atoms with E-state index in [1.807, 2.05) is 0 Å². The van der Waals surface area contributed by atoms with E-state index in [9.17, 15) is 9.90 Å². The Bertz CT molecular complexity index is 632. The average Bonchev–Trinajstić information content (AvgIpc) is 2.96. The van der Waals surface area contributed by atoms with Gasteiger partial charge in [-0.15, -0.1) is 0 Å². The van der Waals surface area contributed by atoms with Crippen molar-refractivity contribution in [2.24, 2.45) is 17.8 Å². The molecule has 0 spiro atoms. The maximum absolute atomic E-state index is 12.2. The molecule has 2 heterocycles. The molecule has 0 amide bonds. The van der Waals surface area contributed by atoms with Crippen LogP contribution < -0.4 is 4.90 Å². The standard InChI is InChI=1S/C21H31BrN2O3/c1-27-21(26)19-11-18(22)12-23-20(19)24-9-8-16(17(13-24)14-25)10-15-6-4-2-3-5-7-15/h11-12,15-17,25H,2-10,13-14H2,1H3. The third-order valence-corrected chi connectivity index (χ3v) is 6.71. The SMILES string of the molecule is COC(=O)c1cc(Br)cnc1N1CCC(CC2CCCCCC2)C(CO)C1. The van der Waals surface area contributed by atoms with Gasteiger partial charge in [0.1, 0.15) is 11.4 Å². The van der Waals surface area contributed by atoms with Crippen LogP contribution in [0.15, 0.2) is 16.7 Å². The Kier molecular flexibility index (Phi) is 7.53. The Morgan fingerprint density at radius 3 is 2.67 bits per heavy atom. The van der Waals surface area contributed by atoms with E-state index in [2.05, 4.69) is 25.8 Å². The summed E-state index contributed by atoms with van der Waals surface area (Å²) in [5.74, 6) is 1.90. The molecule has 1 aromatic heterocycles. The Morgan fingerprint density at radius 2 is 2.00 bits per heavy atom. The highest BCUT2D eigenvalue weighted by Crippen LogP contribution is 2.36. The molecule has 2 aliphatic rings. The van der Waals surface area contributed by atoms with Gasteiger partial charge in [-0.25, -0.2) is 9.78 Å². The molecule has 0 radical (unpaired) electrons. The van der Waals surface area contributed by atoms with Crippen molar-refractivity contribution in [1.29, 1.82) is 0 Å². The number of hydrogen-bond donors (Lipinski definition) is 1. The summed E-state index contributed by atoms with van der Waals surface area (Å²) in [6.07, 6.45) is 12.2. The van der Waals surface area contributed by atoms with E-state index in [4.69, 9.17) is 4.74 Å². The van der Waals surface area contributed by atoms with Crippen molar-refractivity contribution in [3.63, 3.8) is 0 Å². The number of methoxy groups -OCH3 is 1. The number of hydrogen-bond acceptors (Lipinski definition) is 5. The zero-order valence-corrected chi connectivity index (χ0v) is 17.8. The molecule has 1 aliphatic carbocycles. The van der Waals surface area contributed by atoms with Crippen molar-refractivity contribution in [3.05, 3.63) is 22.3 Å². The molecule has 1 aliphatic heterocycles. The Balaban J connectivity index is 1.70. The van der Waals surface area contributed by atoms with Gasteiger partial charge in [-0.3, -0.25) is 0 Å². The van der Waals surface area contributed by atoms with E-state index < -0.39 is 0 Å². The Morgan fingerprint density at radius 1 is 1.26 bits per heavy atom. The number of carbonyl (C=O) groups excluding carboxylic acids is 1. The highest BCUT2D eigenvalue weighted by Gasteiger charge is 2.33. The van der Waals surface area contributed by atoms with Gasteiger partial charge >= 0.3 is 5.97 Å². The minimum atomic E-state index is -0.375. The van der Waals surface area contributed by atoms with Gasteiger partial charge in [-0.1, -0.05) is 38.5 Å². The molecule has 0 aromatic carbocycles. The molecular formula is C21H31BrN2O3. The molecule has 27 heavy (non-hydrogen) atoms. The summed E-state index contributed by atoms with van der Waals surface area (Å²) in [4.78, 5) is 18.8. The predicted octanol–water partition coefficient (Wildman–Crippen LogP) is 4.43. The third-order valence-electron chi connectivity index (χ3n) is 6.27. The van der Waals surface area contributed by atoms with Crippen LogP contribution in [0.5, 0.6) is 0 Å². The number of aliphatic hydroxyl groups excluding tert-OH is 1. The summed E-state index contributed by atoms with van der Waals surface area (Å²) in [6, 6.07) is 1.76. The molecular weight excluding hydrogens is 408 g/mol. The fourth-order valence-electron chi connectivity index (χ4n) is 4.76. The van der Waals surface area contributed by atoms with Gasteiger partial charge in [0.2, 0.25) is 0 Å². The summed E-state index contributed by atoms with van der Waals surface area (Å²) < 4.78 is 5.69. The second kappa shape index (κ2) is 9.87. The second-order valence-electron chi connectivity index (χ2n) is 8.05. The number of esters is 1. The van der Waals surface area contributed by atoms with Crippen LogP contribution in [0.1, 0.15) is 61.7 Å². The molecule has 2 fully saturated rings. The van der Waals surface area contributed by atoms with Crippen molar-refractivity contribution in [2.45, 2.75) is 51.4 Å². The van der Waals surface area contributed by atoms with Crippen molar-refractivity contribution in [2.75, 3.05) is 31.7 Å². The highest BCUT2D eigenvalue weighted by molar-refractivity contribution is 9.10. The number of ether oxygens (including phenoxy) is 1. The van der Waals surface area contributed by atoms with E-state index in [0.717, 1.165) is 29.9 Å². The summed E-state index contributed by atoms with van der Waals surface area (Å²) in [7, 11) is 1.39. The first-order chi connectivity index (χ1) is 13.1. The van der Waals surface area contributed by atoms with Crippen LogP contribution in [0.2, 0.25) is 0 Å². The molecule has 2 atom stereocenters. The van der Waals surface area contributed by atoms with Crippen LogP contribution >= 0.6 is 15.9 Å². The Hall–Kier alpha value is -1.14. The van der Waals surface area contributed by atoms with Crippen LogP contribution in [-0.2, 0) is 4.74 Å². The quantitative estimate of drug-likeness (QED) is 0.544. The zero-order valence-electron chi connectivity index (χ0n) is 16.2. The van der Waals surface area contributed by atoms with Crippen LogP contribution in [0.4, 0.5) is 5.82 Å². The van der Waals surface area contributed by atoms with Gasteiger partial charge in [-0.2, -0.15) is 0 Å². The number of anilines is 1. The number of halogens is 1. The number of aromatic nitrogens is 1. The van der Waals surface area contributed by atoms with Gasteiger partial charge in [0, 0.05) is 36.3 Å². The van der Waals surface area contributed by atoms with E-state index in [-0.39, 0.29) is 18.5 Å². The van der Waals surface area contributed by atoms with Gasteiger partial charge in [0.05, 0.1) is 7.11 Å². The topological polar surface area (TPSA) is 62.7 Å². The van der Waals surface area contributed by atoms with Crippen molar-refractivity contribution >= 4 is 27.7 Å². The van der Waals surface area contributed by atoms with Gasteiger partial charge in [-0.05, 0) is 46.7 Å². The normalized spacial score (nSPS) is 24.5. The van der Waals surface area contributed by atoms with E-state index in [1.54, 1.807) is 12.3 Å². The lowest BCUT2D eigenvalue weighted by molar-refractivity contribution is 0.0600. The maximum Gasteiger partial charge on any atom is 0.341 e. The summed E-state index contributed by atoms with van der Waals surface area (Å²) >= 11 is 3.39. The van der Waals surface area contributed by atoms with E-state index in [1.165, 1.54) is 52.1 Å². The van der Waals surface area contributed by atoms with Crippen LogP contribution in [0, 0.1) is 17.8 Å². The third kappa shape index (κ3) is 5.23. The van der Waals surface area contributed by atoms with Crippen molar-refractivity contribution in [3.8, 4) is 0 Å². The maximum atomic E-state index is 12.2. The molecule has 1 aromatic rings. The van der Waals surface area contributed by atoms with Crippen molar-refractivity contribution < 1.29 is 14.6 Å². The molecule has 0 bridgehead atoms. The highest BCUT2D eigenvalue weighted by atomic mass is 79.9. The summed E-state index contributed by atoms with van der Waals surface area (Å²) in [5, 5.41) is 10.0. The zero-order chi connectivity index (χ0) is 19.2. The first-order valence-electron chi connectivity index (χ1n) is 10.2. The summed E-state index contributed by atoms with van der Waals surface area (Å²) in [5.41, 5.74) is 0.478. The first kappa shape index (κ1) is 20.6. The molecule has 5 nitrogen and oxygen atoms in total. The number of rotatable bonds is 5. The van der Waals surface area contributed by atoms with E-state index in [0.29, 0.717) is 17.3 Å². The van der Waals surface area contributed by atoms with Gasteiger partial charge in [0.25, 0.3) is 0 Å². The molecule has 2 unspecified atom stereocenters. The van der Waals surface area contributed by atoms with Gasteiger partial charge in [0.15, 0.2) is 0 Å². The number of piperidine rings is 1. The largest absolute Gasteiger partial charge is 0.465 e. The smallest absolute Gasteiger partial charge is 0.341 e. The first-order valence-corrected chi connectivity index (χ1v) is 11.0. The lowest BCUT2D eigenvalue weighted by Gasteiger charge is -2.40. The summed E-state index contributed by atoms with van der Waals surface area (Å²) in [6.45, 7) is 1.80. The van der Waals surface area contributed by atoms with E-state index >= 15 is 0 Å². The lowest BCUT2D eigenvalue weighted by Crippen LogP contribution is -2.43. The molecule has 3 rings (SSSR count). The average molecular weight is 439 g/mol. The second-order valence-corrected chi connectivity index (χ2v) is 8.96. The van der Waals surface area contributed by atoms with Crippen LogP contribution in [0.3, 0.4) is 0 Å². The minimum Gasteiger partial charge on any atom is -0.465 e. The minimum absolute atomic E-state index is 0.192. The molecule has 1 saturated carbocycles.